The van der Waals surface area contributed by atoms with Crippen LogP contribution in [0.2, 0.25) is 0 Å². The number of rotatable bonds is 6. The summed E-state index contributed by atoms with van der Waals surface area (Å²) >= 11 is 0. The molecule has 3 aromatic rings. The fraction of sp³-hybridized carbons (Fsp3) is 0.167. The number of carbonyl (C=O) groups excluding carboxylic acids is 1. The van der Waals surface area contributed by atoms with Gasteiger partial charge in [0.05, 0.1) is 19.9 Å². The van der Waals surface area contributed by atoms with Gasteiger partial charge in [0.15, 0.2) is 5.69 Å². The van der Waals surface area contributed by atoms with Gasteiger partial charge in [-0.3, -0.25) is 4.79 Å². The summed E-state index contributed by atoms with van der Waals surface area (Å²) in [5, 5.41) is 10.2. The molecular weight excluding hydrogens is 342 g/mol. The van der Waals surface area contributed by atoms with Crippen molar-refractivity contribution in [2.24, 2.45) is 0 Å². The van der Waals surface area contributed by atoms with Gasteiger partial charge in [0.2, 0.25) is 0 Å². The van der Waals surface area contributed by atoms with Crippen LogP contribution in [0, 0.1) is 11.6 Å². The Morgan fingerprint density at radius 3 is 2.50 bits per heavy atom. The average Bonchev–Trinajstić information content (AvgIpc) is 3.12. The highest BCUT2D eigenvalue weighted by atomic mass is 19.1. The highest BCUT2D eigenvalue weighted by molar-refractivity contribution is 5.91. The van der Waals surface area contributed by atoms with Crippen molar-refractivity contribution in [2.75, 3.05) is 7.11 Å². The molecular formula is C18H16F2N4O2. The molecule has 1 amide bonds. The third-order valence-corrected chi connectivity index (χ3v) is 3.77. The lowest BCUT2D eigenvalue weighted by molar-refractivity contribution is 0.0946. The molecule has 26 heavy (non-hydrogen) atoms. The molecule has 6 nitrogen and oxygen atoms in total. The number of methoxy groups -OCH3 is 1. The first-order valence-electron chi connectivity index (χ1n) is 7.81. The fourth-order valence-electron chi connectivity index (χ4n) is 2.34. The molecule has 0 aliphatic rings. The molecule has 2 aromatic carbocycles. The Morgan fingerprint density at radius 2 is 1.85 bits per heavy atom. The number of carbonyl (C=O) groups is 1. The molecule has 134 valence electrons. The van der Waals surface area contributed by atoms with Gasteiger partial charge in [-0.2, -0.15) is 0 Å². The molecule has 0 unspecified atom stereocenters. The van der Waals surface area contributed by atoms with Gasteiger partial charge < -0.3 is 10.1 Å². The Hall–Kier alpha value is -3.29. The molecule has 0 radical (unpaired) electrons. The van der Waals surface area contributed by atoms with E-state index in [1.807, 2.05) is 12.1 Å². The third-order valence-electron chi connectivity index (χ3n) is 3.77. The Bertz CT molecular complexity index is 890. The van der Waals surface area contributed by atoms with E-state index in [-0.39, 0.29) is 17.8 Å². The van der Waals surface area contributed by atoms with Gasteiger partial charge in [-0.15, -0.1) is 5.10 Å². The highest BCUT2D eigenvalue weighted by Crippen LogP contribution is 2.13. The van der Waals surface area contributed by atoms with Gasteiger partial charge in [0.25, 0.3) is 5.91 Å². The van der Waals surface area contributed by atoms with Crippen molar-refractivity contribution in [3.8, 4) is 5.75 Å². The van der Waals surface area contributed by atoms with Crippen LogP contribution in [0.3, 0.4) is 0 Å². The number of halogens is 2. The van der Waals surface area contributed by atoms with E-state index in [2.05, 4.69) is 15.6 Å². The summed E-state index contributed by atoms with van der Waals surface area (Å²) in [4.78, 5) is 12.1. The number of nitrogens with one attached hydrogen (secondary N) is 1. The van der Waals surface area contributed by atoms with E-state index >= 15 is 0 Å². The van der Waals surface area contributed by atoms with Gasteiger partial charge in [-0.1, -0.05) is 23.4 Å². The van der Waals surface area contributed by atoms with E-state index in [1.54, 1.807) is 19.2 Å². The molecule has 1 heterocycles. The number of aromatic nitrogens is 3. The Labute approximate surface area is 148 Å². The number of hydrogen-bond acceptors (Lipinski definition) is 4. The summed E-state index contributed by atoms with van der Waals surface area (Å²) in [6, 6.07) is 10.9. The largest absolute Gasteiger partial charge is 0.497 e. The van der Waals surface area contributed by atoms with E-state index < -0.39 is 17.5 Å². The molecule has 8 heteroatoms. The Morgan fingerprint density at radius 1 is 1.15 bits per heavy atom. The normalized spacial score (nSPS) is 10.6. The van der Waals surface area contributed by atoms with Crippen molar-refractivity contribution < 1.29 is 18.3 Å². The second kappa shape index (κ2) is 7.73. The molecule has 3 rings (SSSR count). The first-order valence-corrected chi connectivity index (χ1v) is 7.81. The van der Waals surface area contributed by atoms with E-state index in [0.717, 1.165) is 23.4 Å². The second-order valence-corrected chi connectivity index (χ2v) is 5.53. The maximum atomic E-state index is 13.7. The van der Waals surface area contributed by atoms with E-state index in [0.29, 0.717) is 6.54 Å². The molecule has 0 bridgehead atoms. The molecule has 0 spiro atoms. The Balaban J connectivity index is 1.62. The summed E-state index contributed by atoms with van der Waals surface area (Å²) in [6.07, 6.45) is 1.34. The molecule has 1 N–H and O–H groups in total. The molecule has 1 aromatic heterocycles. The van der Waals surface area contributed by atoms with Gasteiger partial charge in [-0.25, -0.2) is 13.5 Å². The Kier molecular flexibility index (Phi) is 5.21. The predicted octanol–water partition coefficient (Wildman–Crippen LogP) is 2.54. The van der Waals surface area contributed by atoms with Crippen LogP contribution < -0.4 is 10.1 Å². The van der Waals surface area contributed by atoms with Crippen LogP contribution in [0.15, 0.2) is 48.7 Å². The monoisotopic (exact) mass is 358 g/mol. The number of ether oxygens (including phenoxy) is 1. The minimum Gasteiger partial charge on any atom is -0.497 e. The quantitative estimate of drug-likeness (QED) is 0.735. The summed E-state index contributed by atoms with van der Waals surface area (Å²) in [6.45, 7) is 0.148. The van der Waals surface area contributed by atoms with Crippen LogP contribution >= 0.6 is 0 Å². The summed E-state index contributed by atoms with van der Waals surface area (Å²) in [7, 11) is 1.58. The van der Waals surface area contributed by atoms with E-state index in [9.17, 15) is 13.6 Å². The highest BCUT2D eigenvalue weighted by Gasteiger charge is 2.14. The minimum absolute atomic E-state index is 0.0651. The zero-order valence-corrected chi connectivity index (χ0v) is 13.9. The van der Waals surface area contributed by atoms with Crippen LogP contribution in [0.25, 0.3) is 0 Å². The van der Waals surface area contributed by atoms with Gasteiger partial charge >= 0.3 is 0 Å². The number of hydrogen-bond donors (Lipinski definition) is 1. The molecule has 0 fully saturated rings. The fourth-order valence-corrected chi connectivity index (χ4v) is 2.34. The first kappa shape index (κ1) is 17.5. The van der Waals surface area contributed by atoms with E-state index in [1.165, 1.54) is 16.9 Å². The molecule has 0 aliphatic carbocycles. The van der Waals surface area contributed by atoms with Crippen molar-refractivity contribution in [3.63, 3.8) is 0 Å². The van der Waals surface area contributed by atoms with Crippen LogP contribution in [0.4, 0.5) is 8.78 Å². The van der Waals surface area contributed by atoms with Crippen molar-refractivity contribution >= 4 is 5.91 Å². The minimum atomic E-state index is -0.675. The van der Waals surface area contributed by atoms with Crippen LogP contribution in [-0.4, -0.2) is 28.0 Å². The maximum Gasteiger partial charge on any atom is 0.273 e. The SMILES string of the molecule is COc1ccc(CNC(=O)c2cn(Cc3c(F)cccc3F)nn2)cc1. The van der Waals surface area contributed by atoms with Crippen molar-refractivity contribution in [1.82, 2.24) is 20.3 Å². The lowest BCUT2D eigenvalue weighted by Crippen LogP contribution is -2.23. The molecule has 0 saturated carbocycles. The standard InChI is InChI=1S/C18H16F2N4O2/c1-26-13-7-5-12(6-8-13)9-21-18(25)17-11-24(23-22-17)10-14-15(19)3-2-4-16(14)20/h2-8,11H,9-10H2,1H3,(H,21,25). The number of amides is 1. The van der Waals surface area contributed by atoms with Crippen LogP contribution in [0.5, 0.6) is 5.75 Å². The predicted molar refractivity (Wildman–Crippen MR) is 89.6 cm³/mol. The maximum absolute atomic E-state index is 13.7. The lowest BCUT2D eigenvalue weighted by atomic mass is 10.2. The lowest BCUT2D eigenvalue weighted by Gasteiger charge is -2.05. The second-order valence-electron chi connectivity index (χ2n) is 5.53. The molecule has 0 saturated heterocycles. The van der Waals surface area contributed by atoms with Gasteiger partial charge in [0.1, 0.15) is 17.4 Å². The van der Waals surface area contributed by atoms with Crippen molar-refractivity contribution in [1.29, 1.82) is 0 Å². The third kappa shape index (κ3) is 4.02. The first-order chi connectivity index (χ1) is 12.6. The zero-order chi connectivity index (χ0) is 18.5. The molecule has 0 atom stereocenters. The van der Waals surface area contributed by atoms with Gasteiger partial charge in [-0.05, 0) is 29.8 Å². The topological polar surface area (TPSA) is 69.0 Å². The zero-order valence-electron chi connectivity index (χ0n) is 13.9. The van der Waals surface area contributed by atoms with E-state index in [4.69, 9.17) is 4.74 Å². The summed E-state index contributed by atoms with van der Waals surface area (Å²) in [5.41, 5.74) is 0.817. The smallest absolute Gasteiger partial charge is 0.273 e. The van der Waals surface area contributed by atoms with Crippen LogP contribution in [-0.2, 0) is 13.1 Å². The number of nitrogens with zero attached hydrogens (tertiary/aromatic N) is 3. The average molecular weight is 358 g/mol. The summed E-state index contributed by atoms with van der Waals surface area (Å²) in [5.74, 6) is -1.05. The number of benzene rings is 2. The molecule has 0 aliphatic heterocycles. The van der Waals surface area contributed by atoms with Gasteiger partial charge in [0, 0.05) is 12.1 Å². The summed E-state index contributed by atoms with van der Waals surface area (Å²) < 4.78 is 33.6. The van der Waals surface area contributed by atoms with Crippen molar-refractivity contribution in [3.05, 3.63) is 77.1 Å². The van der Waals surface area contributed by atoms with Crippen LogP contribution in [0.1, 0.15) is 21.6 Å². The van der Waals surface area contributed by atoms with Crippen molar-refractivity contribution in [2.45, 2.75) is 13.1 Å².